The predicted octanol–water partition coefficient (Wildman–Crippen LogP) is 11.9. The van der Waals surface area contributed by atoms with Crippen molar-refractivity contribution in [3.63, 3.8) is 0 Å². The van der Waals surface area contributed by atoms with Crippen LogP contribution in [0, 0.1) is 60.6 Å². The van der Waals surface area contributed by atoms with Crippen molar-refractivity contribution in [2.75, 3.05) is 26.4 Å². The largest absolute Gasteiger partial charge is 0.386 e. The van der Waals surface area contributed by atoms with Crippen molar-refractivity contribution in [2.45, 2.75) is 90.5 Å². The molecule has 2 saturated heterocycles. The van der Waals surface area contributed by atoms with Gasteiger partial charge in [0.05, 0.1) is 79.2 Å². The van der Waals surface area contributed by atoms with E-state index in [-0.39, 0.29) is 23.0 Å². The Morgan fingerprint density at radius 2 is 0.863 bits per heavy atom. The lowest BCUT2D eigenvalue weighted by Gasteiger charge is -2.33. The zero-order chi connectivity index (χ0) is 56.7. The lowest BCUT2D eigenvalue weighted by atomic mass is 9.86. The number of benzene rings is 4. The van der Waals surface area contributed by atoms with Gasteiger partial charge in [-0.05, 0) is 114 Å². The number of halogens is 6. The van der Waals surface area contributed by atoms with Gasteiger partial charge in [0.15, 0.2) is 0 Å². The number of fused-ring (bicyclic) bond motifs is 6. The van der Waals surface area contributed by atoms with Gasteiger partial charge in [-0.2, -0.15) is 0 Å². The molecule has 12 rings (SSSR count). The number of aryl methyl sites for hydroxylation is 4. The van der Waals surface area contributed by atoms with Crippen molar-refractivity contribution in [3.8, 4) is 22.5 Å². The lowest BCUT2D eigenvalue weighted by molar-refractivity contribution is 0.0542. The molecule has 80 heavy (non-hydrogen) atoms. The second-order valence-electron chi connectivity index (χ2n) is 22.2. The van der Waals surface area contributed by atoms with Crippen LogP contribution < -0.4 is 0 Å². The number of hydrogen-bond donors (Lipinski definition) is 2. The van der Waals surface area contributed by atoms with Gasteiger partial charge in [0, 0.05) is 110 Å². The third kappa shape index (κ3) is 9.78. The highest BCUT2D eigenvalue weighted by Gasteiger charge is 2.37. The molecule has 2 aliphatic rings. The van der Waals surface area contributed by atoms with Gasteiger partial charge < -0.3 is 28.8 Å². The molecule has 6 aromatic heterocycles. The Hall–Kier alpha value is -7.52. The van der Waals surface area contributed by atoms with Crippen LogP contribution in [0.5, 0.6) is 0 Å². The molecule has 0 bridgehead atoms. The van der Waals surface area contributed by atoms with Crippen molar-refractivity contribution in [3.05, 3.63) is 154 Å². The van der Waals surface area contributed by atoms with Gasteiger partial charge in [-0.15, -0.1) is 10.2 Å². The number of aliphatic hydroxyl groups is 2. The normalized spacial score (nSPS) is 15.8. The zero-order valence-corrected chi connectivity index (χ0v) is 45.5. The smallest absolute Gasteiger partial charge is 0.134 e. The standard InChI is InChI=1S/2C30H30F3N5O2/c2*1-16-28(37(4)36-35-16)18-11-25-27(34-15-18)21-6-5-19(30(2,3)39)12-24(21)38(25)29(17-7-9-40-10-8-17)26-22(32)13-20(31)14-23(26)33/h2*5-6,11-15,17,29,39H,7-10H2,1-4H3. The lowest BCUT2D eigenvalue weighted by Crippen LogP contribution is -2.28. The Balaban J connectivity index is 0.000000169. The molecular weight excluding hydrogens is 1040 g/mol. The molecule has 2 atom stereocenters. The second-order valence-corrected chi connectivity index (χ2v) is 22.2. The summed E-state index contributed by atoms with van der Waals surface area (Å²) in [6.07, 6.45) is 5.72. The van der Waals surface area contributed by atoms with E-state index in [9.17, 15) is 19.0 Å². The maximum atomic E-state index is 15.6. The van der Waals surface area contributed by atoms with Gasteiger partial charge >= 0.3 is 0 Å². The van der Waals surface area contributed by atoms with Crippen molar-refractivity contribution in [1.29, 1.82) is 0 Å². The van der Waals surface area contributed by atoms with Gasteiger partial charge in [-0.3, -0.25) is 9.97 Å². The summed E-state index contributed by atoms with van der Waals surface area (Å²) in [7, 11) is 3.58. The first kappa shape index (κ1) is 54.4. The number of hydrogen-bond acceptors (Lipinski definition) is 10. The molecule has 20 heteroatoms. The maximum absolute atomic E-state index is 15.6. The predicted molar refractivity (Wildman–Crippen MR) is 290 cm³/mol. The van der Waals surface area contributed by atoms with E-state index < -0.39 is 58.2 Å². The summed E-state index contributed by atoms with van der Waals surface area (Å²) in [4.78, 5) is 9.63. The molecule has 10 aromatic rings. The molecule has 0 aliphatic carbocycles. The van der Waals surface area contributed by atoms with Crippen LogP contribution in [-0.4, -0.2) is 85.7 Å². The minimum Gasteiger partial charge on any atom is -0.386 e. The van der Waals surface area contributed by atoms with Gasteiger partial charge in [0.1, 0.15) is 34.9 Å². The number of aromatic nitrogens is 10. The van der Waals surface area contributed by atoms with E-state index in [0.717, 1.165) is 57.6 Å². The Morgan fingerprint density at radius 3 is 1.18 bits per heavy atom. The van der Waals surface area contributed by atoms with Crippen LogP contribution >= 0.6 is 0 Å². The molecule has 2 fully saturated rings. The first-order valence-corrected chi connectivity index (χ1v) is 26.6. The zero-order valence-electron chi connectivity index (χ0n) is 45.5. The molecule has 14 nitrogen and oxygen atoms in total. The van der Waals surface area contributed by atoms with Crippen LogP contribution in [0.3, 0.4) is 0 Å². The average molecular weight is 1100 g/mol. The van der Waals surface area contributed by atoms with Crippen LogP contribution in [0.4, 0.5) is 26.3 Å². The Morgan fingerprint density at radius 1 is 0.512 bits per heavy atom. The van der Waals surface area contributed by atoms with Crippen molar-refractivity contribution in [1.82, 2.24) is 49.1 Å². The minimum absolute atomic E-state index is 0.204. The van der Waals surface area contributed by atoms with E-state index in [4.69, 9.17) is 19.4 Å². The van der Waals surface area contributed by atoms with Crippen molar-refractivity contribution in [2.24, 2.45) is 25.9 Å². The fourth-order valence-electron chi connectivity index (χ4n) is 12.0. The molecule has 416 valence electrons. The molecule has 0 saturated carbocycles. The summed E-state index contributed by atoms with van der Waals surface area (Å²) >= 11 is 0. The molecule has 2 unspecified atom stereocenters. The van der Waals surface area contributed by atoms with E-state index in [1.165, 1.54) is 0 Å². The average Bonchev–Trinajstić information content (AvgIpc) is 4.14. The number of rotatable bonds is 10. The number of nitrogens with zero attached hydrogens (tertiary/aromatic N) is 10. The van der Waals surface area contributed by atoms with Gasteiger partial charge in [-0.25, -0.2) is 35.7 Å². The SMILES string of the molecule is Cc1nnn(C)c1-c1cnc2c3ccc(C(C)(C)O)cc3n(C(c3c(F)cc(F)cc3F)C3CCOCC3)c2c1.Cc1nnn(C)c1-c1cnc2c3ccc(C(C)(C)O)cc3n(C(c3c(F)cc(F)cc3F)C3CCOCC3)c2c1. The molecule has 2 aliphatic heterocycles. The van der Waals surface area contributed by atoms with E-state index in [1.54, 1.807) is 63.5 Å². The van der Waals surface area contributed by atoms with Gasteiger partial charge in [0.2, 0.25) is 0 Å². The molecule has 0 amide bonds. The number of ether oxygens (including phenoxy) is 2. The Kier molecular flexibility index (Phi) is 14.2. The van der Waals surface area contributed by atoms with E-state index in [0.29, 0.717) is 108 Å². The van der Waals surface area contributed by atoms with E-state index >= 15 is 17.6 Å². The summed E-state index contributed by atoms with van der Waals surface area (Å²) in [5, 5.41) is 39.8. The molecule has 0 radical (unpaired) electrons. The Bertz CT molecular complexity index is 3670. The summed E-state index contributed by atoms with van der Waals surface area (Å²) < 4.78 is 109. The third-order valence-electron chi connectivity index (χ3n) is 15.9. The summed E-state index contributed by atoms with van der Waals surface area (Å²) in [6, 6.07) is 16.3. The molecule has 0 spiro atoms. The topological polar surface area (TPSA) is 156 Å². The second kappa shape index (κ2) is 20.9. The quantitative estimate of drug-likeness (QED) is 0.126. The first-order chi connectivity index (χ1) is 38.1. The van der Waals surface area contributed by atoms with E-state index in [2.05, 4.69) is 20.6 Å². The monoisotopic (exact) mass is 1100 g/mol. The van der Waals surface area contributed by atoms with Crippen LogP contribution in [0.2, 0.25) is 0 Å². The van der Waals surface area contributed by atoms with Gasteiger partial charge in [-0.1, -0.05) is 34.7 Å². The Labute approximate surface area is 456 Å². The molecular formula is C60H60F6N10O4. The molecule has 2 N–H and O–H groups in total. The highest BCUT2D eigenvalue weighted by molar-refractivity contribution is 6.08. The highest BCUT2D eigenvalue weighted by Crippen LogP contribution is 2.46. The fourth-order valence-corrected chi connectivity index (χ4v) is 12.0. The summed E-state index contributed by atoms with van der Waals surface area (Å²) in [5.74, 6) is -6.15. The van der Waals surface area contributed by atoms with Crippen molar-refractivity contribution < 1.29 is 46.0 Å². The van der Waals surface area contributed by atoms with Crippen LogP contribution in [0.1, 0.15) is 99.1 Å². The van der Waals surface area contributed by atoms with Crippen LogP contribution in [0.15, 0.2) is 85.2 Å². The number of pyridine rings is 2. The summed E-state index contributed by atoms with van der Waals surface area (Å²) in [5.41, 5.74) is 6.94. The fraction of sp³-hybridized carbons (Fsp3) is 0.367. The van der Waals surface area contributed by atoms with Crippen LogP contribution in [-0.2, 0) is 34.8 Å². The third-order valence-corrected chi connectivity index (χ3v) is 15.9. The summed E-state index contributed by atoms with van der Waals surface area (Å²) in [6.45, 7) is 12.2. The first-order valence-electron chi connectivity index (χ1n) is 26.6. The molecule has 8 heterocycles. The molecule has 4 aromatic carbocycles. The maximum Gasteiger partial charge on any atom is 0.134 e. The highest BCUT2D eigenvalue weighted by atomic mass is 19.2. The van der Waals surface area contributed by atoms with Crippen LogP contribution in [0.25, 0.3) is 66.4 Å². The van der Waals surface area contributed by atoms with Gasteiger partial charge in [0.25, 0.3) is 0 Å². The van der Waals surface area contributed by atoms with E-state index in [1.807, 2.05) is 71.5 Å². The minimum atomic E-state index is -1.16. The van der Waals surface area contributed by atoms with Crippen molar-refractivity contribution >= 4 is 43.9 Å².